The molecule has 1 saturated heterocycles. The van der Waals surface area contributed by atoms with E-state index in [0.29, 0.717) is 13.1 Å². The van der Waals surface area contributed by atoms with Crippen molar-refractivity contribution in [2.24, 2.45) is 0 Å². The summed E-state index contributed by atoms with van der Waals surface area (Å²) >= 11 is 0. The van der Waals surface area contributed by atoms with Gasteiger partial charge in [0.25, 0.3) is 0 Å². The van der Waals surface area contributed by atoms with Crippen molar-refractivity contribution in [3.05, 3.63) is 41.3 Å². The van der Waals surface area contributed by atoms with Crippen LogP contribution in [0.1, 0.15) is 71.1 Å². The Kier molecular flexibility index (Phi) is 7.15. The fourth-order valence-electron chi connectivity index (χ4n) is 5.79. The highest BCUT2D eigenvalue weighted by molar-refractivity contribution is 5.90. The van der Waals surface area contributed by atoms with Crippen LogP contribution >= 0.6 is 0 Å². The lowest BCUT2D eigenvalue weighted by Crippen LogP contribution is -2.60. The molecular weight excluding hydrogens is 500 g/mol. The first kappa shape index (κ1) is 28.1. The molecule has 1 fully saturated rings. The Morgan fingerprint density at radius 3 is 2.52 bits per heavy atom. The molecular formula is C31H44N8O. The van der Waals surface area contributed by atoms with E-state index in [1.807, 2.05) is 16.5 Å². The van der Waals surface area contributed by atoms with Crippen LogP contribution in [0.2, 0.25) is 0 Å². The average Bonchev–Trinajstić information content (AvgIpc) is 3.50. The first-order chi connectivity index (χ1) is 18.8. The number of aromatic nitrogens is 5. The van der Waals surface area contributed by atoms with Crippen LogP contribution in [0.25, 0.3) is 27.9 Å². The van der Waals surface area contributed by atoms with E-state index in [1.54, 1.807) is 6.33 Å². The summed E-state index contributed by atoms with van der Waals surface area (Å²) in [5.74, 6) is 1.41. The van der Waals surface area contributed by atoms with Gasteiger partial charge >= 0.3 is 0 Å². The number of fused-ring (bicyclic) bond motifs is 2. The number of H-pyrrole nitrogens is 1. The number of carbonyl (C=O) groups excluding carboxylic acids is 1. The van der Waals surface area contributed by atoms with Crippen molar-refractivity contribution in [2.45, 2.75) is 85.9 Å². The van der Waals surface area contributed by atoms with E-state index in [4.69, 9.17) is 4.98 Å². The fraction of sp³-hybridized carbons (Fsp3) is 0.548. The van der Waals surface area contributed by atoms with E-state index in [1.165, 1.54) is 11.1 Å². The summed E-state index contributed by atoms with van der Waals surface area (Å²) in [5, 5.41) is 4.41. The number of aromatic amines is 1. The highest BCUT2D eigenvalue weighted by Gasteiger charge is 2.34. The molecule has 0 spiro atoms. The number of amides is 1. The van der Waals surface area contributed by atoms with E-state index in [9.17, 15) is 4.79 Å². The SMILES string of the molecule is Cc1c(-c2[nH]c3ccc(N4C[C@H](C)N(C(=O)CN(C)C(C)(C)C)C[C@H]4C)nc3c2C(C)C)cn2ncnc2c1C. The average molecular weight is 545 g/mol. The van der Waals surface area contributed by atoms with Gasteiger partial charge < -0.3 is 14.8 Å². The van der Waals surface area contributed by atoms with E-state index in [-0.39, 0.29) is 29.4 Å². The van der Waals surface area contributed by atoms with E-state index in [2.05, 4.69) is 106 Å². The third-order valence-electron chi connectivity index (χ3n) is 8.76. The number of piperazine rings is 1. The van der Waals surface area contributed by atoms with Gasteiger partial charge in [0.2, 0.25) is 5.91 Å². The summed E-state index contributed by atoms with van der Waals surface area (Å²) in [7, 11) is 2.02. The molecule has 2 atom stereocenters. The lowest BCUT2D eigenvalue weighted by atomic mass is 9.95. The maximum atomic E-state index is 13.2. The molecule has 0 radical (unpaired) electrons. The van der Waals surface area contributed by atoms with Gasteiger partial charge in [-0.1, -0.05) is 13.8 Å². The summed E-state index contributed by atoms with van der Waals surface area (Å²) in [5.41, 5.74) is 8.60. The number of pyridine rings is 2. The van der Waals surface area contributed by atoms with Crippen LogP contribution < -0.4 is 4.90 Å². The molecule has 0 aliphatic carbocycles. The maximum absolute atomic E-state index is 13.2. The number of aryl methyl sites for hydroxylation is 1. The Hall–Kier alpha value is -3.46. The van der Waals surface area contributed by atoms with Gasteiger partial charge in [-0.2, -0.15) is 5.10 Å². The monoisotopic (exact) mass is 544 g/mol. The highest BCUT2D eigenvalue weighted by Crippen LogP contribution is 2.38. The van der Waals surface area contributed by atoms with Crippen molar-refractivity contribution in [2.75, 3.05) is 31.6 Å². The second-order valence-electron chi connectivity index (χ2n) is 12.9. The summed E-state index contributed by atoms with van der Waals surface area (Å²) in [6.45, 7) is 21.3. The van der Waals surface area contributed by atoms with Gasteiger partial charge in [-0.15, -0.1) is 0 Å². The molecule has 0 unspecified atom stereocenters. The topological polar surface area (TPSA) is 85.7 Å². The van der Waals surface area contributed by atoms with Crippen molar-refractivity contribution in [3.63, 3.8) is 0 Å². The molecule has 4 aromatic rings. The molecule has 9 heteroatoms. The molecule has 4 aromatic heterocycles. The summed E-state index contributed by atoms with van der Waals surface area (Å²) in [4.78, 5) is 33.1. The molecule has 1 amide bonds. The number of likely N-dealkylation sites (N-methyl/N-ethyl adjacent to an activating group) is 1. The number of anilines is 1. The molecule has 1 N–H and O–H groups in total. The van der Waals surface area contributed by atoms with Crippen molar-refractivity contribution in [1.82, 2.24) is 34.4 Å². The van der Waals surface area contributed by atoms with E-state index >= 15 is 0 Å². The van der Waals surface area contributed by atoms with Crippen molar-refractivity contribution in [1.29, 1.82) is 0 Å². The number of nitrogens with zero attached hydrogens (tertiary/aromatic N) is 7. The van der Waals surface area contributed by atoms with Gasteiger partial charge in [0.1, 0.15) is 12.1 Å². The lowest BCUT2D eigenvalue weighted by molar-refractivity contribution is -0.136. The Bertz CT molecular complexity index is 1560. The van der Waals surface area contributed by atoms with Crippen LogP contribution in [-0.4, -0.2) is 84.6 Å². The van der Waals surface area contributed by atoms with Crippen LogP contribution in [-0.2, 0) is 4.79 Å². The summed E-state index contributed by atoms with van der Waals surface area (Å²) < 4.78 is 1.86. The van der Waals surface area contributed by atoms with Crippen LogP contribution in [0.4, 0.5) is 5.82 Å². The minimum absolute atomic E-state index is 0.0481. The zero-order chi connectivity index (χ0) is 29.1. The first-order valence-electron chi connectivity index (χ1n) is 14.4. The Balaban J connectivity index is 1.48. The third-order valence-corrected chi connectivity index (χ3v) is 8.76. The lowest BCUT2D eigenvalue weighted by Gasteiger charge is -2.45. The molecule has 0 bridgehead atoms. The third kappa shape index (κ3) is 4.85. The van der Waals surface area contributed by atoms with Crippen LogP contribution in [0.5, 0.6) is 0 Å². The second kappa shape index (κ2) is 10.2. The normalized spacial score (nSPS) is 18.6. The summed E-state index contributed by atoms with van der Waals surface area (Å²) in [6, 6.07) is 4.52. The number of nitrogens with one attached hydrogen (secondary N) is 1. The minimum atomic E-state index is -0.0481. The second-order valence-corrected chi connectivity index (χ2v) is 12.9. The van der Waals surface area contributed by atoms with Gasteiger partial charge in [-0.05, 0) is 84.7 Å². The van der Waals surface area contributed by atoms with Gasteiger partial charge in [-0.25, -0.2) is 14.5 Å². The molecule has 1 aliphatic heterocycles. The van der Waals surface area contributed by atoms with Crippen molar-refractivity contribution < 1.29 is 4.79 Å². The first-order valence-corrected chi connectivity index (χ1v) is 14.4. The molecule has 0 aromatic carbocycles. The van der Waals surface area contributed by atoms with Crippen LogP contribution in [0, 0.1) is 13.8 Å². The fourth-order valence-corrected chi connectivity index (χ4v) is 5.79. The number of hydrogen-bond acceptors (Lipinski definition) is 6. The van der Waals surface area contributed by atoms with Crippen LogP contribution in [0.3, 0.4) is 0 Å². The molecule has 5 rings (SSSR count). The molecule has 9 nitrogen and oxygen atoms in total. The molecule has 1 aliphatic rings. The number of rotatable bonds is 5. The molecule has 214 valence electrons. The Labute approximate surface area is 237 Å². The quantitative estimate of drug-likeness (QED) is 0.373. The minimum Gasteiger partial charge on any atom is -0.353 e. The molecule has 0 saturated carbocycles. The van der Waals surface area contributed by atoms with Gasteiger partial charge in [-0.3, -0.25) is 9.69 Å². The zero-order valence-corrected chi connectivity index (χ0v) is 25.7. The Morgan fingerprint density at radius 2 is 1.85 bits per heavy atom. The Morgan fingerprint density at radius 1 is 1.12 bits per heavy atom. The van der Waals surface area contributed by atoms with E-state index in [0.717, 1.165) is 45.9 Å². The predicted octanol–water partition coefficient (Wildman–Crippen LogP) is 5.17. The summed E-state index contributed by atoms with van der Waals surface area (Å²) in [6.07, 6.45) is 3.67. The van der Waals surface area contributed by atoms with Gasteiger partial charge in [0, 0.05) is 48.0 Å². The van der Waals surface area contributed by atoms with Crippen molar-refractivity contribution in [3.8, 4) is 11.3 Å². The number of carbonyl (C=O) groups is 1. The predicted molar refractivity (Wildman–Crippen MR) is 162 cm³/mol. The van der Waals surface area contributed by atoms with Gasteiger partial charge in [0.15, 0.2) is 5.65 Å². The smallest absolute Gasteiger partial charge is 0.237 e. The standard InChI is InChI=1S/C31H44N8O/c1-18(2)27-28(23-15-39-30(32-17-33-39)22(6)21(23)5)34-24-11-12-25(35-29(24)27)37-13-20(4)38(14-19(37)3)26(40)16-36(10)31(7,8)9/h11-12,15,17-20,34H,13-14,16H2,1-10H3/t19-,20+/m1/s1. The highest BCUT2D eigenvalue weighted by atomic mass is 16.2. The van der Waals surface area contributed by atoms with Crippen LogP contribution in [0.15, 0.2) is 24.7 Å². The molecule has 5 heterocycles. The maximum Gasteiger partial charge on any atom is 0.237 e. The molecule has 40 heavy (non-hydrogen) atoms. The largest absolute Gasteiger partial charge is 0.353 e. The van der Waals surface area contributed by atoms with Gasteiger partial charge in [0.05, 0.1) is 23.3 Å². The van der Waals surface area contributed by atoms with Crippen molar-refractivity contribution >= 4 is 28.4 Å². The zero-order valence-electron chi connectivity index (χ0n) is 25.7. The number of hydrogen-bond donors (Lipinski definition) is 1. The van der Waals surface area contributed by atoms with E-state index < -0.39 is 0 Å².